The molecule has 38 heavy (non-hydrogen) atoms. The topological polar surface area (TPSA) is 80.3 Å². The van der Waals surface area contributed by atoms with Crippen LogP contribution in [0.15, 0.2) is 73.8 Å². The molecule has 2 rings (SSSR count). The zero-order valence-electron chi connectivity index (χ0n) is 22.2. The predicted molar refractivity (Wildman–Crippen MR) is 147 cm³/mol. The molecule has 206 valence electrons. The van der Waals surface area contributed by atoms with Crippen molar-refractivity contribution in [3.63, 3.8) is 0 Å². The van der Waals surface area contributed by atoms with Gasteiger partial charge in [-0.15, -0.1) is 0 Å². The van der Waals surface area contributed by atoms with Crippen LogP contribution in [0.5, 0.6) is 17.2 Å². The molecule has 0 fully saturated rings. The number of hydrogen-bond donors (Lipinski definition) is 0. The van der Waals surface area contributed by atoms with Crippen LogP contribution in [0.2, 0.25) is 0 Å². The van der Waals surface area contributed by atoms with Crippen molar-refractivity contribution in [2.75, 3.05) is 26.4 Å². The molecule has 0 N–H and O–H groups in total. The van der Waals surface area contributed by atoms with Gasteiger partial charge in [-0.2, -0.15) is 0 Å². The van der Waals surface area contributed by atoms with E-state index in [1.807, 2.05) is 48.5 Å². The monoisotopic (exact) mass is 524 g/mol. The molecule has 2 aromatic rings. The lowest BCUT2D eigenvalue weighted by molar-refractivity contribution is -0.138. The summed E-state index contributed by atoms with van der Waals surface area (Å²) in [6.45, 7) is 9.39. The second-order valence-electron chi connectivity index (χ2n) is 8.67. The maximum absolute atomic E-state index is 11.0. The van der Waals surface area contributed by atoms with Crippen LogP contribution in [0, 0.1) is 0 Å². The molecule has 0 heterocycles. The first-order valence-electron chi connectivity index (χ1n) is 13.3. The van der Waals surface area contributed by atoms with E-state index in [0.29, 0.717) is 33.0 Å². The van der Waals surface area contributed by atoms with Crippen molar-refractivity contribution in [1.82, 2.24) is 0 Å². The smallest absolute Gasteiger partial charge is 0.330 e. The molecule has 7 heteroatoms. The van der Waals surface area contributed by atoms with Gasteiger partial charge in [-0.1, -0.05) is 25.3 Å². The fraction of sp³-hybridized carbons (Fsp3) is 0.419. The number of hydrogen-bond acceptors (Lipinski definition) is 7. The zero-order valence-corrected chi connectivity index (χ0v) is 22.2. The molecule has 2 aromatic carbocycles. The summed E-state index contributed by atoms with van der Waals surface area (Å²) in [6.07, 6.45) is 9.99. The summed E-state index contributed by atoms with van der Waals surface area (Å²) in [5, 5.41) is 0. The number of carbonyl (C=O) groups excluding carboxylic acids is 2. The summed E-state index contributed by atoms with van der Waals surface area (Å²) < 4.78 is 27.4. The van der Waals surface area contributed by atoms with Gasteiger partial charge in [0.15, 0.2) is 0 Å². The summed E-state index contributed by atoms with van der Waals surface area (Å²) in [4.78, 5) is 21.9. The van der Waals surface area contributed by atoms with E-state index in [1.54, 1.807) is 0 Å². The van der Waals surface area contributed by atoms with Crippen molar-refractivity contribution in [2.24, 2.45) is 0 Å². The van der Waals surface area contributed by atoms with Crippen molar-refractivity contribution in [3.8, 4) is 17.2 Å². The number of carbonyl (C=O) groups is 2. The zero-order chi connectivity index (χ0) is 27.3. The van der Waals surface area contributed by atoms with Crippen LogP contribution in [0.3, 0.4) is 0 Å². The Balaban J connectivity index is 1.52. The van der Waals surface area contributed by atoms with Gasteiger partial charge in [0.1, 0.15) is 23.9 Å². The molecule has 0 bridgehead atoms. The Morgan fingerprint density at radius 1 is 0.526 bits per heavy atom. The third kappa shape index (κ3) is 14.1. The molecule has 0 atom stereocenters. The Hall–Kier alpha value is -3.74. The fourth-order valence-corrected chi connectivity index (χ4v) is 3.44. The van der Waals surface area contributed by atoms with Gasteiger partial charge in [-0.3, -0.25) is 0 Å². The highest BCUT2D eigenvalue weighted by atomic mass is 16.5. The Morgan fingerprint density at radius 2 is 0.895 bits per heavy atom. The van der Waals surface area contributed by atoms with E-state index in [-0.39, 0.29) is 11.9 Å². The first-order valence-corrected chi connectivity index (χ1v) is 13.3. The van der Waals surface area contributed by atoms with Gasteiger partial charge >= 0.3 is 11.9 Å². The highest BCUT2D eigenvalue weighted by molar-refractivity contribution is 5.81. The average Bonchev–Trinajstić information content (AvgIpc) is 2.95. The summed E-state index contributed by atoms with van der Waals surface area (Å²) in [5.41, 5.74) is 1.06. The predicted octanol–water partition coefficient (Wildman–Crippen LogP) is 6.60. The second-order valence-corrected chi connectivity index (χ2v) is 8.67. The van der Waals surface area contributed by atoms with Crippen molar-refractivity contribution in [2.45, 2.75) is 58.0 Å². The van der Waals surface area contributed by atoms with Crippen molar-refractivity contribution in [3.05, 3.63) is 79.4 Å². The van der Waals surface area contributed by atoms with Crippen molar-refractivity contribution < 1.29 is 33.3 Å². The van der Waals surface area contributed by atoms with Crippen molar-refractivity contribution >= 4 is 11.9 Å². The standard InChI is InChI=1S/C31H40O7/c1-3-30(32)36-23-11-7-5-9-21-34-27-15-13-26(14-16-27)25-38-29-19-17-28(18-20-29)35-22-10-6-8-12-24-37-31(33)4-2/h3-4,13-20H,1-2,5-12,21-25H2. The SMILES string of the molecule is C=CC(=O)OCCCCCCOc1ccc(COc2ccc(OCCCCCCOC(=O)C=C)cc2)cc1. The van der Waals surface area contributed by atoms with Crippen LogP contribution in [-0.4, -0.2) is 38.4 Å². The van der Waals surface area contributed by atoms with E-state index in [2.05, 4.69) is 13.2 Å². The summed E-state index contributed by atoms with van der Waals surface area (Å²) in [5.74, 6) is 1.70. The van der Waals surface area contributed by atoms with Gasteiger partial charge in [0, 0.05) is 12.2 Å². The van der Waals surface area contributed by atoms with Crippen LogP contribution in [0.1, 0.15) is 56.9 Å². The van der Waals surface area contributed by atoms with Crippen LogP contribution >= 0.6 is 0 Å². The minimum Gasteiger partial charge on any atom is -0.494 e. The maximum atomic E-state index is 11.0. The Bertz CT molecular complexity index is 872. The second kappa shape index (κ2) is 19.4. The lowest BCUT2D eigenvalue weighted by atomic mass is 10.2. The quantitative estimate of drug-likeness (QED) is 0.103. The first kappa shape index (κ1) is 30.5. The summed E-state index contributed by atoms with van der Waals surface area (Å²) in [7, 11) is 0. The molecule has 0 saturated heterocycles. The number of unbranched alkanes of at least 4 members (excludes halogenated alkanes) is 6. The molecule has 0 aliphatic heterocycles. The van der Waals surface area contributed by atoms with Crippen LogP contribution in [0.4, 0.5) is 0 Å². The van der Waals surface area contributed by atoms with E-state index >= 15 is 0 Å². The first-order chi connectivity index (χ1) is 18.6. The van der Waals surface area contributed by atoms with E-state index < -0.39 is 0 Å². The van der Waals surface area contributed by atoms with E-state index in [4.69, 9.17) is 23.7 Å². The van der Waals surface area contributed by atoms with Gasteiger partial charge in [0.25, 0.3) is 0 Å². The third-order valence-electron chi connectivity index (χ3n) is 5.59. The number of benzene rings is 2. The summed E-state index contributed by atoms with van der Waals surface area (Å²) in [6, 6.07) is 15.6. The van der Waals surface area contributed by atoms with Crippen molar-refractivity contribution in [1.29, 1.82) is 0 Å². The highest BCUT2D eigenvalue weighted by Gasteiger charge is 2.01. The van der Waals surface area contributed by atoms with E-state index in [1.165, 1.54) is 12.2 Å². The van der Waals surface area contributed by atoms with E-state index in [9.17, 15) is 9.59 Å². The molecule has 0 radical (unpaired) electrons. The van der Waals surface area contributed by atoms with Gasteiger partial charge in [0.05, 0.1) is 26.4 Å². The molecule has 0 unspecified atom stereocenters. The molecule has 0 amide bonds. The Morgan fingerprint density at radius 3 is 1.32 bits per heavy atom. The summed E-state index contributed by atoms with van der Waals surface area (Å²) >= 11 is 0. The lowest BCUT2D eigenvalue weighted by Crippen LogP contribution is -2.02. The van der Waals surface area contributed by atoms with Crippen LogP contribution in [-0.2, 0) is 25.7 Å². The normalized spacial score (nSPS) is 10.3. The van der Waals surface area contributed by atoms with Gasteiger partial charge in [-0.25, -0.2) is 9.59 Å². The minimum absolute atomic E-state index is 0.368. The highest BCUT2D eigenvalue weighted by Crippen LogP contribution is 2.20. The Kier molecular flexibility index (Phi) is 15.5. The fourth-order valence-electron chi connectivity index (χ4n) is 3.44. The van der Waals surface area contributed by atoms with Gasteiger partial charge in [0.2, 0.25) is 0 Å². The van der Waals surface area contributed by atoms with Crippen LogP contribution in [0.25, 0.3) is 0 Å². The van der Waals surface area contributed by atoms with Crippen LogP contribution < -0.4 is 14.2 Å². The molecule has 0 aromatic heterocycles. The largest absolute Gasteiger partial charge is 0.494 e. The van der Waals surface area contributed by atoms with Gasteiger partial charge < -0.3 is 23.7 Å². The molecule has 7 nitrogen and oxygen atoms in total. The number of rotatable bonds is 21. The molecular weight excluding hydrogens is 484 g/mol. The molecule has 0 aliphatic carbocycles. The molecule has 0 saturated carbocycles. The molecular formula is C31H40O7. The minimum atomic E-state index is -0.369. The Labute approximate surface area is 226 Å². The maximum Gasteiger partial charge on any atom is 0.330 e. The van der Waals surface area contributed by atoms with Gasteiger partial charge in [-0.05, 0) is 93.3 Å². The molecule has 0 spiro atoms. The number of esters is 2. The van der Waals surface area contributed by atoms with E-state index in [0.717, 1.165) is 74.2 Å². The molecule has 0 aliphatic rings. The number of ether oxygens (including phenoxy) is 5. The average molecular weight is 525 g/mol. The third-order valence-corrected chi connectivity index (χ3v) is 5.59. The lowest BCUT2D eigenvalue weighted by Gasteiger charge is -2.10.